The summed E-state index contributed by atoms with van der Waals surface area (Å²) in [6.07, 6.45) is 1.84. The molecule has 0 saturated heterocycles. The molecule has 15 heavy (non-hydrogen) atoms. The molecule has 0 fully saturated rings. The maximum Gasteiger partial charge on any atom is 0.107 e. The van der Waals surface area contributed by atoms with Crippen LogP contribution in [0.2, 0.25) is 5.02 Å². The Balaban J connectivity index is 2.41. The van der Waals surface area contributed by atoms with Crippen LogP contribution < -0.4 is 5.73 Å². The molecule has 3 N–H and O–H groups in total. The SMILES string of the molecule is Cc1cc(Cl)cc2[nH]c(CCCN)nc12. The van der Waals surface area contributed by atoms with E-state index >= 15 is 0 Å². The number of aromatic amines is 1. The molecular formula is C11H14ClN3. The molecule has 2 aromatic rings. The first kappa shape index (κ1) is 10.5. The smallest absolute Gasteiger partial charge is 0.107 e. The lowest BCUT2D eigenvalue weighted by molar-refractivity contribution is 0.796. The summed E-state index contributed by atoms with van der Waals surface area (Å²) in [6.45, 7) is 2.71. The van der Waals surface area contributed by atoms with Gasteiger partial charge in [-0.1, -0.05) is 11.6 Å². The monoisotopic (exact) mass is 223 g/mol. The van der Waals surface area contributed by atoms with Gasteiger partial charge in [0.2, 0.25) is 0 Å². The number of H-pyrrole nitrogens is 1. The Morgan fingerprint density at radius 3 is 3.00 bits per heavy atom. The quantitative estimate of drug-likeness (QED) is 0.840. The second-order valence-corrected chi connectivity index (χ2v) is 4.13. The van der Waals surface area contributed by atoms with Crippen molar-refractivity contribution in [2.45, 2.75) is 19.8 Å². The number of halogens is 1. The molecule has 0 bridgehead atoms. The molecule has 2 rings (SSSR count). The molecule has 0 atom stereocenters. The van der Waals surface area contributed by atoms with Crippen molar-refractivity contribution in [2.75, 3.05) is 6.54 Å². The summed E-state index contributed by atoms with van der Waals surface area (Å²) < 4.78 is 0. The fourth-order valence-electron chi connectivity index (χ4n) is 1.69. The van der Waals surface area contributed by atoms with Crippen LogP contribution in [-0.2, 0) is 6.42 Å². The maximum absolute atomic E-state index is 5.97. The zero-order chi connectivity index (χ0) is 10.8. The number of nitrogens with zero attached hydrogens (tertiary/aromatic N) is 1. The van der Waals surface area contributed by atoms with Crippen molar-refractivity contribution in [1.29, 1.82) is 0 Å². The van der Waals surface area contributed by atoms with E-state index in [4.69, 9.17) is 17.3 Å². The Bertz CT molecular complexity index is 476. The highest BCUT2D eigenvalue weighted by Gasteiger charge is 2.05. The van der Waals surface area contributed by atoms with E-state index < -0.39 is 0 Å². The van der Waals surface area contributed by atoms with Crippen molar-refractivity contribution >= 4 is 22.6 Å². The van der Waals surface area contributed by atoms with Crippen LogP contribution in [0.3, 0.4) is 0 Å². The van der Waals surface area contributed by atoms with Crippen molar-refractivity contribution in [3.05, 3.63) is 28.5 Å². The van der Waals surface area contributed by atoms with Gasteiger partial charge in [-0.2, -0.15) is 0 Å². The van der Waals surface area contributed by atoms with Crippen LogP contribution in [0, 0.1) is 6.92 Å². The van der Waals surface area contributed by atoms with Crippen molar-refractivity contribution in [3.63, 3.8) is 0 Å². The van der Waals surface area contributed by atoms with Crippen LogP contribution in [0.5, 0.6) is 0 Å². The highest BCUT2D eigenvalue weighted by atomic mass is 35.5. The average molecular weight is 224 g/mol. The third-order valence-electron chi connectivity index (χ3n) is 2.41. The summed E-state index contributed by atoms with van der Waals surface area (Å²) in [5, 5.41) is 0.744. The molecule has 0 amide bonds. The number of nitrogens with two attached hydrogens (primary N) is 1. The zero-order valence-corrected chi connectivity index (χ0v) is 9.43. The normalized spacial score (nSPS) is 11.1. The summed E-state index contributed by atoms with van der Waals surface area (Å²) in [5.74, 6) is 0.987. The van der Waals surface area contributed by atoms with Crippen LogP contribution in [0.15, 0.2) is 12.1 Å². The van der Waals surface area contributed by atoms with E-state index in [-0.39, 0.29) is 0 Å². The first-order valence-electron chi connectivity index (χ1n) is 5.05. The van der Waals surface area contributed by atoms with Gasteiger partial charge < -0.3 is 10.7 Å². The highest BCUT2D eigenvalue weighted by Crippen LogP contribution is 2.21. The summed E-state index contributed by atoms with van der Waals surface area (Å²) in [6, 6.07) is 3.83. The number of hydrogen-bond acceptors (Lipinski definition) is 2. The number of rotatable bonds is 3. The Morgan fingerprint density at radius 1 is 1.47 bits per heavy atom. The molecule has 0 aliphatic carbocycles. The van der Waals surface area contributed by atoms with Crippen LogP contribution in [0.1, 0.15) is 17.8 Å². The second kappa shape index (κ2) is 4.21. The average Bonchev–Trinajstić information content (AvgIpc) is 2.57. The number of hydrogen-bond donors (Lipinski definition) is 2. The van der Waals surface area contributed by atoms with Gasteiger partial charge in [0, 0.05) is 11.4 Å². The fourth-order valence-corrected chi connectivity index (χ4v) is 1.96. The minimum absolute atomic E-state index is 0.691. The molecule has 0 spiro atoms. The first-order chi connectivity index (χ1) is 7.20. The summed E-state index contributed by atoms with van der Waals surface area (Å²) in [5.41, 5.74) is 8.58. The van der Waals surface area contributed by atoms with Gasteiger partial charge in [-0.25, -0.2) is 4.98 Å². The molecular weight excluding hydrogens is 210 g/mol. The van der Waals surface area contributed by atoms with Crippen LogP contribution >= 0.6 is 11.6 Å². The van der Waals surface area contributed by atoms with Crippen molar-refractivity contribution in [1.82, 2.24) is 9.97 Å². The molecule has 0 aliphatic rings. The number of aryl methyl sites for hydroxylation is 2. The molecule has 1 heterocycles. The predicted molar refractivity (Wildman–Crippen MR) is 63.2 cm³/mol. The summed E-state index contributed by atoms with van der Waals surface area (Å²) in [7, 11) is 0. The summed E-state index contributed by atoms with van der Waals surface area (Å²) >= 11 is 5.97. The van der Waals surface area contributed by atoms with E-state index in [1.165, 1.54) is 0 Å². The maximum atomic E-state index is 5.97. The Hall–Kier alpha value is -1.06. The number of nitrogens with one attached hydrogen (secondary N) is 1. The minimum Gasteiger partial charge on any atom is -0.342 e. The minimum atomic E-state index is 0.691. The standard InChI is InChI=1S/C11H14ClN3/c1-7-5-8(12)6-9-11(7)15-10(14-9)3-2-4-13/h5-6H,2-4,13H2,1H3,(H,14,15). The Morgan fingerprint density at radius 2 is 2.27 bits per heavy atom. The molecule has 0 unspecified atom stereocenters. The van der Waals surface area contributed by atoms with Crippen molar-refractivity contribution in [3.8, 4) is 0 Å². The Kier molecular flexibility index (Phi) is 2.93. The largest absolute Gasteiger partial charge is 0.342 e. The van der Waals surface area contributed by atoms with E-state index in [2.05, 4.69) is 9.97 Å². The third-order valence-corrected chi connectivity index (χ3v) is 2.63. The molecule has 1 aromatic carbocycles. The molecule has 1 aromatic heterocycles. The van der Waals surface area contributed by atoms with Gasteiger partial charge >= 0.3 is 0 Å². The van der Waals surface area contributed by atoms with Gasteiger partial charge in [0.05, 0.1) is 11.0 Å². The molecule has 80 valence electrons. The molecule has 4 heteroatoms. The van der Waals surface area contributed by atoms with E-state index in [0.29, 0.717) is 6.54 Å². The highest BCUT2D eigenvalue weighted by molar-refractivity contribution is 6.31. The van der Waals surface area contributed by atoms with E-state index in [1.807, 2.05) is 19.1 Å². The number of imidazole rings is 1. The first-order valence-corrected chi connectivity index (χ1v) is 5.43. The lowest BCUT2D eigenvalue weighted by Gasteiger charge is -1.94. The number of aromatic nitrogens is 2. The number of fused-ring (bicyclic) bond motifs is 1. The predicted octanol–water partition coefficient (Wildman–Crippen LogP) is 2.42. The van der Waals surface area contributed by atoms with Crippen molar-refractivity contribution in [2.24, 2.45) is 5.73 Å². The second-order valence-electron chi connectivity index (χ2n) is 3.69. The molecule has 0 aliphatic heterocycles. The fraction of sp³-hybridized carbons (Fsp3) is 0.364. The number of benzene rings is 1. The van der Waals surface area contributed by atoms with Gasteiger partial charge in [0.25, 0.3) is 0 Å². The molecule has 0 saturated carbocycles. The third kappa shape index (κ3) is 2.13. The van der Waals surface area contributed by atoms with E-state index in [9.17, 15) is 0 Å². The van der Waals surface area contributed by atoms with Crippen molar-refractivity contribution < 1.29 is 0 Å². The van der Waals surface area contributed by atoms with Gasteiger partial charge in [-0.05, 0) is 37.6 Å². The topological polar surface area (TPSA) is 54.7 Å². The van der Waals surface area contributed by atoms with E-state index in [1.54, 1.807) is 0 Å². The van der Waals surface area contributed by atoms with Gasteiger partial charge in [-0.15, -0.1) is 0 Å². The van der Waals surface area contributed by atoms with Crippen LogP contribution in [-0.4, -0.2) is 16.5 Å². The molecule has 3 nitrogen and oxygen atoms in total. The lowest BCUT2D eigenvalue weighted by Crippen LogP contribution is -2.01. The van der Waals surface area contributed by atoms with Crippen LogP contribution in [0.25, 0.3) is 11.0 Å². The molecule has 0 radical (unpaired) electrons. The zero-order valence-electron chi connectivity index (χ0n) is 8.68. The van der Waals surface area contributed by atoms with Gasteiger partial charge in [0.15, 0.2) is 0 Å². The Labute approximate surface area is 93.6 Å². The summed E-state index contributed by atoms with van der Waals surface area (Å²) in [4.78, 5) is 7.78. The van der Waals surface area contributed by atoms with E-state index in [0.717, 1.165) is 40.3 Å². The van der Waals surface area contributed by atoms with Crippen LogP contribution in [0.4, 0.5) is 0 Å². The van der Waals surface area contributed by atoms with Gasteiger partial charge in [-0.3, -0.25) is 0 Å². The lowest BCUT2D eigenvalue weighted by atomic mass is 10.2. The van der Waals surface area contributed by atoms with Gasteiger partial charge in [0.1, 0.15) is 5.82 Å².